The second kappa shape index (κ2) is 9.03. The summed E-state index contributed by atoms with van der Waals surface area (Å²) in [5.41, 5.74) is 1.85. The SMILES string of the molecule is C=CCN1C(C(=O)OC)=CC(c2ccc(C)cc2)C(C(=O)OC)=C1C(=O)OC. The number of aryl methyl sites for hydroxylation is 1. The number of methoxy groups -OCH3 is 3. The lowest BCUT2D eigenvalue weighted by Gasteiger charge is -2.34. The van der Waals surface area contributed by atoms with Crippen molar-refractivity contribution < 1.29 is 28.6 Å². The molecule has 2 rings (SSSR count). The molecule has 1 aromatic rings. The van der Waals surface area contributed by atoms with Crippen LogP contribution in [0, 0.1) is 6.92 Å². The van der Waals surface area contributed by atoms with E-state index in [2.05, 4.69) is 6.58 Å². The smallest absolute Gasteiger partial charge is 0.355 e. The van der Waals surface area contributed by atoms with Gasteiger partial charge >= 0.3 is 17.9 Å². The Kier molecular flexibility index (Phi) is 6.76. The predicted molar refractivity (Wildman–Crippen MR) is 102 cm³/mol. The maximum atomic E-state index is 12.7. The second-order valence-corrected chi connectivity index (χ2v) is 6.08. The molecule has 1 unspecified atom stereocenters. The molecule has 0 fully saturated rings. The van der Waals surface area contributed by atoms with Crippen LogP contribution in [-0.4, -0.2) is 50.7 Å². The van der Waals surface area contributed by atoms with Crippen molar-refractivity contribution in [1.29, 1.82) is 0 Å². The van der Waals surface area contributed by atoms with Crippen LogP contribution >= 0.6 is 0 Å². The lowest BCUT2D eigenvalue weighted by Crippen LogP contribution is -2.38. The van der Waals surface area contributed by atoms with Crippen LogP contribution in [0.15, 0.2) is 60.0 Å². The highest BCUT2D eigenvalue weighted by Crippen LogP contribution is 2.38. The van der Waals surface area contributed by atoms with Crippen molar-refractivity contribution in [2.45, 2.75) is 12.8 Å². The average Bonchev–Trinajstić information content (AvgIpc) is 2.72. The molecule has 0 aromatic heterocycles. The molecule has 0 amide bonds. The molecule has 0 saturated carbocycles. The first-order valence-electron chi connectivity index (χ1n) is 8.55. The van der Waals surface area contributed by atoms with E-state index in [-0.39, 0.29) is 23.5 Å². The van der Waals surface area contributed by atoms with Crippen molar-refractivity contribution in [1.82, 2.24) is 4.90 Å². The van der Waals surface area contributed by atoms with Gasteiger partial charge in [0, 0.05) is 12.5 Å². The fourth-order valence-corrected chi connectivity index (χ4v) is 3.03. The number of esters is 3. The van der Waals surface area contributed by atoms with Gasteiger partial charge in [0.25, 0.3) is 0 Å². The Bertz CT molecular complexity index is 850. The summed E-state index contributed by atoms with van der Waals surface area (Å²) in [4.78, 5) is 39.1. The van der Waals surface area contributed by atoms with E-state index in [0.29, 0.717) is 5.56 Å². The zero-order valence-electron chi connectivity index (χ0n) is 16.4. The first-order valence-corrected chi connectivity index (χ1v) is 8.55. The summed E-state index contributed by atoms with van der Waals surface area (Å²) in [5.74, 6) is -2.81. The Hall–Kier alpha value is -3.35. The molecule has 7 heteroatoms. The monoisotopic (exact) mass is 385 g/mol. The largest absolute Gasteiger partial charge is 0.466 e. The molecule has 0 spiro atoms. The zero-order chi connectivity index (χ0) is 20.8. The number of allylic oxidation sites excluding steroid dienone is 1. The molecule has 0 bridgehead atoms. The highest BCUT2D eigenvalue weighted by Gasteiger charge is 2.40. The molecule has 1 aliphatic rings. The van der Waals surface area contributed by atoms with Crippen molar-refractivity contribution >= 4 is 17.9 Å². The van der Waals surface area contributed by atoms with Crippen LogP contribution in [0.5, 0.6) is 0 Å². The molecule has 1 aromatic carbocycles. The van der Waals surface area contributed by atoms with Crippen LogP contribution in [0.25, 0.3) is 0 Å². The van der Waals surface area contributed by atoms with Gasteiger partial charge < -0.3 is 19.1 Å². The molecule has 0 saturated heterocycles. The van der Waals surface area contributed by atoms with Gasteiger partial charge in [-0.15, -0.1) is 6.58 Å². The summed E-state index contributed by atoms with van der Waals surface area (Å²) in [6, 6.07) is 7.41. The summed E-state index contributed by atoms with van der Waals surface area (Å²) >= 11 is 0. The zero-order valence-corrected chi connectivity index (χ0v) is 16.4. The second-order valence-electron chi connectivity index (χ2n) is 6.08. The number of carbonyl (C=O) groups excluding carboxylic acids is 3. The highest BCUT2D eigenvalue weighted by molar-refractivity contribution is 6.04. The van der Waals surface area contributed by atoms with Crippen molar-refractivity contribution in [3.63, 3.8) is 0 Å². The maximum Gasteiger partial charge on any atom is 0.355 e. The highest BCUT2D eigenvalue weighted by atomic mass is 16.5. The van der Waals surface area contributed by atoms with Gasteiger partial charge in [-0.05, 0) is 18.6 Å². The number of benzene rings is 1. The van der Waals surface area contributed by atoms with Crippen LogP contribution in [-0.2, 0) is 28.6 Å². The molecule has 148 valence electrons. The van der Waals surface area contributed by atoms with E-state index in [4.69, 9.17) is 14.2 Å². The Morgan fingerprint density at radius 1 is 1.00 bits per heavy atom. The standard InChI is InChI=1S/C21H23NO6/c1-6-11-22-16(19(23)26-3)12-15(14-9-7-13(2)8-10-14)17(20(24)27-4)18(22)21(25)28-5/h6-10,12,15H,1,11H2,2-5H3. The summed E-state index contributed by atoms with van der Waals surface area (Å²) in [6.45, 7) is 5.68. The molecule has 0 radical (unpaired) electrons. The Labute approximate surface area is 163 Å². The molecule has 1 heterocycles. The Balaban J connectivity index is 2.81. The van der Waals surface area contributed by atoms with E-state index in [1.807, 2.05) is 31.2 Å². The first kappa shape index (κ1) is 21.0. The van der Waals surface area contributed by atoms with Gasteiger partial charge in [0.1, 0.15) is 11.4 Å². The Morgan fingerprint density at radius 3 is 2.07 bits per heavy atom. The topological polar surface area (TPSA) is 82.1 Å². The molecular formula is C21H23NO6. The molecule has 28 heavy (non-hydrogen) atoms. The lowest BCUT2D eigenvalue weighted by molar-refractivity contribution is -0.142. The van der Waals surface area contributed by atoms with Gasteiger partial charge in [0.05, 0.1) is 26.9 Å². The fraction of sp³-hybridized carbons (Fsp3) is 0.286. The number of hydrogen-bond donors (Lipinski definition) is 0. The summed E-state index contributed by atoms with van der Waals surface area (Å²) in [6.07, 6.45) is 3.08. The number of carbonyl (C=O) groups is 3. The summed E-state index contributed by atoms with van der Waals surface area (Å²) in [7, 11) is 3.68. The number of hydrogen-bond acceptors (Lipinski definition) is 7. The molecule has 0 aliphatic carbocycles. The molecular weight excluding hydrogens is 362 g/mol. The van der Waals surface area contributed by atoms with Crippen LogP contribution in [0.2, 0.25) is 0 Å². The van der Waals surface area contributed by atoms with Gasteiger partial charge in [-0.25, -0.2) is 14.4 Å². The van der Waals surface area contributed by atoms with Crippen LogP contribution < -0.4 is 0 Å². The van der Waals surface area contributed by atoms with Crippen LogP contribution in [0.4, 0.5) is 0 Å². The third-order valence-electron chi connectivity index (χ3n) is 4.38. The average molecular weight is 385 g/mol. The van der Waals surface area contributed by atoms with Crippen LogP contribution in [0.1, 0.15) is 17.0 Å². The minimum atomic E-state index is -0.770. The maximum absolute atomic E-state index is 12.7. The molecule has 1 aliphatic heterocycles. The van der Waals surface area contributed by atoms with E-state index in [0.717, 1.165) is 5.56 Å². The minimum Gasteiger partial charge on any atom is -0.466 e. The van der Waals surface area contributed by atoms with Crippen molar-refractivity contribution in [3.8, 4) is 0 Å². The van der Waals surface area contributed by atoms with Crippen molar-refractivity contribution in [2.75, 3.05) is 27.9 Å². The van der Waals surface area contributed by atoms with E-state index in [1.54, 1.807) is 6.08 Å². The molecule has 7 nitrogen and oxygen atoms in total. The van der Waals surface area contributed by atoms with Gasteiger partial charge in [-0.2, -0.15) is 0 Å². The third-order valence-corrected chi connectivity index (χ3v) is 4.38. The quantitative estimate of drug-likeness (QED) is 0.422. The number of rotatable bonds is 6. The van der Waals surface area contributed by atoms with E-state index in [9.17, 15) is 14.4 Å². The molecule has 0 N–H and O–H groups in total. The van der Waals surface area contributed by atoms with Gasteiger partial charge in [-0.3, -0.25) is 0 Å². The number of ether oxygens (including phenoxy) is 3. The van der Waals surface area contributed by atoms with Crippen molar-refractivity contribution in [3.05, 3.63) is 71.1 Å². The minimum absolute atomic E-state index is 0.0766. The van der Waals surface area contributed by atoms with Gasteiger partial charge in [0.2, 0.25) is 0 Å². The van der Waals surface area contributed by atoms with Gasteiger partial charge in [0.15, 0.2) is 0 Å². The Morgan fingerprint density at radius 2 is 1.57 bits per heavy atom. The summed E-state index contributed by atoms with van der Waals surface area (Å²) in [5, 5.41) is 0. The van der Waals surface area contributed by atoms with Crippen molar-refractivity contribution in [2.24, 2.45) is 0 Å². The third kappa shape index (κ3) is 3.98. The first-order chi connectivity index (χ1) is 13.4. The van der Waals surface area contributed by atoms with E-state index >= 15 is 0 Å². The van der Waals surface area contributed by atoms with Gasteiger partial charge in [-0.1, -0.05) is 35.9 Å². The van der Waals surface area contributed by atoms with E-state index in [1.165, 1.54) is 32.3 Å². The normalized spacial score (nSPS) is 16.2. The fourth-order valence-electron chi connectivity index (χ4n) is 3.03. The van der Waals surface area contributed by atoms with E-state index < -0.39 is 23.8 Å². The summed E-state index contributed by atoms with van der Waals surface area (Å²) < 4.78 is 14.7. The predicted octanol–water partition coefficient (Wildman–Crippen LogP) is 2.24. The lowest BCUT2D eigenvalue weighted by atomic mass is 9.85. The molecule has 1 atom stereocenters. The van der Waals surface area contributed by atoms with Crippen LogP contribution in [0.3, 0.4) is 0 Å². The number of nitrogens with zero attached hydrogens (tertiary/aromatic N) is 1.